The molecule has 132 valence electrons. The first-order valence-corrected chi connectivity index (χ1v) is 10.3. The first-order valence-electron chi connectivity index (χ1n) is 7.70. The second-order valence-corrected chi connectivity index (χ2v) is 8.07. The van der Waals surface area contributed by atoms with Gasteiger partial charge in [-0.25, -0.2) is 13.4 Å². The number of nitrogens with one attached hydrogen (secondary N) is 1. The average molecular weight is 389 g/mol. The Hall–Kier alpha value is -1.22. The number of hydrogen-bond donors (Lipinski definition) is 1. The Kier molecular flexibility index (Phi) is 6.56. The molecule has 1 heterocycles. The van der Waals surface area contributed by atoms with E-state index in [9.17, 15) is 8.42 Å². The van der Waals surface area contributed by atoms with E-state index in [0.29, 0.717) is 22.8 Å². The van der Waals surface area contributed by atoms with Gasteiger partial charge in [-0.3, -0.25) is 4.72 Å². The minimum atomic E-state index is -3.73. The maximum atomic E-state index is 12.5. The van der Waals surface area contributed by atoms with Crippen molar-refractivity contribution in [1.82, 2.24) is 14.3 Å². The van der Waals surface area contributed by atoms with Crippen molar-refractivity contribution in [2.75, 3.05) is 24.4 Å². The van der Waals surface area contributed by atoms with E-state index in [2.05, 4.69) is 32.8 Å². The van der Waals surface area contributed by atoms with E-state index >= 15 is 0 Å². The molecule has 1 aromatic heterocycles. The van der Waals surface area contributed by atoms with Gasteiger partial charge in [0.2, 0.25) is 5.13 Å². The van der Waals surface area contributed by atoms with E-state index in [1.807, 2.05) is 0 Å². The number of sulfonamides is 1. The zero-order valence-corrected chi connectivity index (χ0v) is 16.3. The Bertz CT molecular complexity index is 789. The van der Waals surface area contributed by atoms with Gasteiger partial charge in [0.15, 0.2) is 0 Å². The second-order valence-electron chi connectivity index (χ2n) is 5.26. The summed E-state index contributed by atoms with van der Waals surface area (Å²) in [5, 5.41) is 0.680. The van der Waals surface area contributed by atoms with Crippen LogP contribution < -0.4 is 4.72 Å². The molecule has 1 aromatic carbocycles. The Morgan fingerprint density at radius 2 is 2.00 bits per heavy atom. The molecule has 0 fully saturated rings. The molecule has 0 saturated heterocycles. The van der Waals surface area contributed by atoms with Gasteiger partial charge < -0.3 is 4.90 Å². The molecule has 0 bridgehead atoms. The third-order valence-corrected chi connectivity index (χ3v) is 6.43. The second kappa shape index (κ2) is 8.24. The fraction of sp³-hybridized carbons (Fsp3) is 0.467. The zero-order valence-electron chi connectivity index (χ0n) is 13.9. The summed E-state index contributed by atoms with van der Waals surface area (Å²) in [7, 11) is -3.73. The smallest absolute Gasteiger partial charge is 0.264 e. The SMILES string of the molecule is CCN(CC)CCc1nsc(NS(=O)(=O)c2cccc(Cl)c2C)n1. The summed E-state index contributed by atoms with van der Waals surface area (Å²) in [6.45, 7) is 8.66. The lowest BCUT2D eigenvalue weighted by Crippen LogP contribution is -2.25. The lowest BCUT2D eigenvalue weighted by molar-refractivity contribution is 0.306. The van der Waals surface area contributed by atoms with Gasteiger partial charge in [0.05, 0.1) is 4.90 Å². The molecule has 0 aliphatic rings. The summed E-state index contributed by atoms with van der Waals surface area (Å²) in [5.74, 6) is 0.646. The van der Waals surface area contributed by atoms with E-state index in [0.717, 1.165) is 31.2 Å². The van der Waals surface area contributed by atoms with Gasteiger partial charge in [0.1, 0.15) is 5.82 Å². The fourth-order valence-corrected chi connectivity index (χ4v) is 4.58. The maximum absolute atomic E-state index is 12.5. The molecule has 2 rings (SSSR count). The first kappa shape index (κ1) is 19.1. The van der Waals surface area contributed by atoms with Gasteiger partial charge >= 0.3 is 0 Å². The largest absolute Gasteiger partial charge is 0.303 e. The lowest BCUT2D eigenvalue weighted by atomic mass is 10.2. The normalized spacial score (nSPS) is 11.9. The van der Waals surface area contributed by atoms with Crippen molar-refractivity contribution in [1.29, 1.82) is 0 Å². The molecule has 0 aliphatic carbocycles. The molecule has 1 N–H and O–H groups in total. The van der Waals surface area contributed by atoms with Crippen LogP contribution in [0.2, 0.25) is 5.02 Å². The molecule has 0 unspecified atom stereocenters. The summed E-state index contributed by atoms with van der Waals surface area (Å²) in [5.41, 5.74) is 0.512. The third kappa shape index (κ3) is 4.66. The number of benzene rings is 1. The molecule has 6 nitrogen and oxygen atoms in total. The van der Waals surface area contributed by atoms with Crippen molar-refractivity contribution in [2.45, 2.75) is 32.1 Å². The predicted octanol–water partition coefficient (Wildman–Crippen LogP) is 3.19. The van der Waals surface area contributed by atoms with Gasteiger partial charge in [0.25, 0.3) is 10.0 Å². The van der Waals surface area contributed by atoms with Gasteiger partial charge in [0, 0.05) is 29.5 Å². The quantitative estimate of drug-likeness (QED) is 0.751. The molecule has 0 atom stereocenters. The average Bonchev–Trinajstić information content (AvgIpc) is 2.97. The molecule has 2 aromatic rings. The third-order valence-electron chi connectivity index (χ3n) is 3.74. The highest BCUT2D eigenvalue weighted by atomic mass is 35.5. The Morgan fingerprint density at radius 1 is 1.29 bits per heavy atom. The van der Waals surface area contributed by atoms with Crippen LogP contribution in [0.1, 0.15) is 25.2 Å². The van der Waals surface area contributed by atoms with Crippen LogP contribution in [0.15, 0.2) is 23.1 Å². The Balaban J connectivity index is 2.10. The highest BCUT2D eigenvalue weighted by Gasteiger charge is 2.20. The van der Waals surface area contributed by atoms with Gasteiger partial charge in [-0.1, -0.05) is 31.5 Å². The highest BCUT2D eigenvalue weighted by molar-refractivity contribution is 7.93. The lowest BCUT2D eigenvalue weighted by Gasteiger charge is -2.16. The fourth-order valence-electron chi connectivity index (χ4n) is 2.24. The van der Waals surface area contributed by atoms with Crippen LogP contribution in [-0.4, -0.2) is 42.3 Å². The summed E-state index contributed by atoms with van der Waals surface area (Å²) >= 11 is 7.05. The van der Waals surface area contributed by atoms with Crippen LogP contribution >= 0.6 is 23.1 Å². The minimum absolute atomic E-state index is 0.148. The molecule has 0 amide bonds. The van der Waals surface area contributed by atoms with Crippen LogP contribution in [0.25, 0.3) is 0 Å². The van der Waals surface area contributed by atoms with Crippen molar-refractivity contribution >= 4 is 38.3 Å². The predicted molar refractivity (Wildman–Crippen MR) is 98.4 cm³/mol. The molecular formula is C15H21ClN4O2S2. The number of halogens is 1. The van der Waals surface area contributed by atoms with E-state index in [4.69, 9.17) is 11.6 Å². The number of aromatic nitrogens is 2. The van der Waals surface area contributed by atoms with E-state index in [-0.39, 0.29) is 10.0 Å². The van der Waals surface area contributed by atoms with Crippen LogP contribution in [0.3, 0.4) is 0 Å². The molecule has 0 spiro atoms. The maximum Gasteiger partial charge on any atom is 0.264 e. The first-order chi connectivity index (χ1) is 11.4. The molecular weight excluding hydrogens is 368 g/mol. The zero-order chi connectivity index (χ0) is 17.7. The van der Waals surface area contributed by atoms with Crippen molar-refractivity contribution < 1.29 is 8.42 Å². The van der Waals surface area contributed by atoms with Crippen LogP contribution in [0, 0.1) is 6.92 Å². The van der Waals surface area contributed by atoms with Crippen molar-refractivity contribution in [2.24, 2.45) is 0 Å². The van der Waals surface area contributed by atoms with Crippen molar-refractivity contribution in [3.63, 3.8) is 0 Å². The summed E-state index contributed by atoms with van der Waals surface area (Å²) in [4.78, 5) is 6.68. The van der Waals surface area contributed by atoms with Crippen LogP contribution in [0.4, 0.5) is 5.13 Å². The van der Waals surface area contributed by atoms with Gasteiger partial charge in [-0.15, -0.1) is 0 Å². The molecule has 0 aliphatic heterocycles. The molecule has 24 heavy (non-hydrogen) atoms. The van der Waals surface area contributed by atoms with E-state index < -0.39 is 10.0 Å². The summed E-state index contributed by atoms with van der Waals surface area (Å²) < 4.78 is 31.7. The molecule has 0 radical (unpaired) electrons. The van der Waals surface area contributed by atoms with Gasteiger partial charge in [-0.05, 0) is 37.7 Å². The summed E-state index contributed by atoms with van der Waals surface area (Å²) in [6, 6.07) is 4.79. The topological polar surface area (TPSA) is 75.2 Å². The van der Waals surface area contributed by atoms with E-state index in [1.165, 1.54) is 6.07 Å². The number of likely N-dealkylation sites (N-methyl/N-ethyl adjacent to an activating group) is 1. The van der Waals surface area contributed by atoms with Crippen molar-refractivity contribution in [3.8, 4) is 0 Å². The molecule has 9 heteroatoms. The minimum Gasteiger partial charge on any atom is -0.303 e. The van der Waals surface area contributed by atoms with Crippen molar-refractivity contribution in [3.05, 3.63) is 34.6 Å². The van der Waals surface area contributed by atoms with Crippen LogP contribution in [-0.2, 0) is 16.4 Å². The number of hydrogen-bond acceptors (Lipinski definition) is 6. The number of rotatable bonds is 8. The highest BCUT2D eigenvalue weighted by Crippen LogP contribution is 2.25. The van der Waals surface area contributed by atoms with Gasteiger partial charge in [-0.2, -0.15) is 4.37 Å². The van der Waals surface area contributed by atoms with E-state index in [1.54, 1.807) is 19.1 Å². The monoisotopic (exact) mass is 388 g/mol. The van der Waals surface area contributed by atoms with Crippen LogP contribution in [0.5, 0.6) is 0 Å². The number of nitrogens with zero attached hydrogens (tertiary/aromatic N) is 3. The Morgan fingerprint density at radius 3 is 2.67 bits per heavy atom. The Labute approximate surface area is 152 Å². The number of anilines is 1. The standard InChI is InChI=1S/C15H21ClN4O2S2/c1-4-20(5-2)10-9-14-17-15(23-18-14)19-24(21,22)13-8-6-7-12(16)11(13)3/h6-8H,4-5,9-10H2,1-3H3,(H,17,18,19). The molecule has 0 saturated carbocycles. The summed E-state index contributed by atoms with van der Waals surface area (Å²) in [6.07, 6.45) is 0.691.